The lowest BCUT2D eigenvalue weighted by atomic mass is 9.33. The highest BCUT2D eigenvalue weighted by Crippen LogP contribution is 2.76. The summed E-state index contributed by atoms with van der Waals surface area (Å²) >= 11 is 0. The molecule has 1 aromatic carbocycles. The van der Waals surface area contributed by atoms with Gasteiger partial charge in [0.2, 0.25) is 0 Å². The Morgan fingerprint density at radius 2 is 1.67 bits per heavy atom. The number of methoxy groups -OCH3 is 1. The summed E-state index contributed by atoms with van der Waals surface area (Å²) in [7, 11) is -0.950. The summed E-state index contributed by atoms with van der Waals surface area (Å²) in [5.74, 6) is 3.54. The molecule has 4 saturated carbocycles. The number of fused-ring (bicyclic) bond motifs is 7. The second kappa shape index (κ2) is 13.4. The molecule has 0 radical (unpaired) electrons. The molecule has 7 rings (SSSR count). The van der Waals surface area contributed by atoms with Gasteiger partial charge >= 0.3 is 5.97 Å². The molecule has 3 N–H and O–H groups in total. The quantitative estimate of drug-likeness (QED) is 0.232. The topological polar surface area (TPSA) is 82.0 Å². The maximum atomic E-state index is 14.6. The summed E-state index contributed by atoms with van der Waals surface area (Å²) in [6.07, 6.45) is 13.4. The first-order valence-electron chi connectivity index (χ1n) is 20.2. The monoisotopic (exact) mass is 726 g/mol. The number of ether oxygens (including phenoxy) is 1. The van der Waals surface area contributed by atoms with E-state index in [9.17, 15) is 18.3 Å². The van der Waals surface area contributed by atoms with E-state index in [-0.39, 0.29) is 45.8 Å². The van der Waals surface area contributed by atoms with Gasteiger partial charge in [-0.05, 0) is 138 Å². The third-order valence-electron chi connectivity index (χ3n) is 17.0. The summed E-state index contributed by atoms with van der Waals surface area (Å²) < 4.78 is 39.8. The maximum Gasteiger partial charge on any atom is 0.337 e. The van der Waals surface area contributed by atoms with Gasteiger partial charge in [0.15, 0.2) is 0 Å². The molecule has 1 saturated heterocycles. The molecular formula is C43H67FN2O4S. The van der Waals surface area contributed by atoms with E-state index >= 15 is 0 Å². The van der Waals surface area contributed by atoms with Crippen LogP contribution in [0.2, 0.25) is 0 Å². The van der Waals surface area contributed by atoms with Crippen molar-refractivity contribution in [2.24, 2.45) is 57.2 Å². The van der Waals surface area contributed by atoms with E-state index in [0.29, 0.717) is 46.7 Å². The molecule has 10 atom stereocenters. The van der Waals surface area contributed by atoms with Gasteiger partial charge in [0.1, 0.15) is 0 Å². The van der Waals surface area contributed by atoms with Gasteiger partial charge in [0, 0.05) is 31.7 Å². The molecule has 8 heteroatoms. The smallest absolute Gasteiger partial charge is 0.337 e. The number of carbonyl (C=O) groups excluding carboxylic acids is 1. The summed E-state index contributed by atoms with van der Waals surface area (Å²) in [4.78, 5) is 14.5. The third kappa shape index (κ3) is 5.99. The Bertz CT molecular complexity index is 1490. The number of nitrogens with zero attached hydrogens (tertiary/aromatic N) is 1. The molecule has 0 aromatic heterocycles. The highest BCUT2D eigenvalue weighted by Gasteiger charge is 2.70. The molecule has 0 amide bonds. The Morgan fingerprint density at radius 3 is 2.33 bits per heavy atom. The Labute approximate surface area is 309 Å². The van der Waals surface area contributed by atoms with Gasteiger partial charge in [-0.15, -0.1) is 0 Å². The minimum atomic E-state index is -2.39. The summed E-state index contributed by atoms with van der Waals surface area (Å²) in [5.41, 5.74) is 4.01. The van der Waals surface area contributed by atoms with Gasteiger partial charge in [0.05, 0.1) is 30.9 Å². The molecule has 1 unspecified atom stereocenters. The zero-order chi connectivity index (χ0) is 36.6. The predicted molar refractivity (Wildman–Crippen MR) is 208 cm³/mol. The van der Waals surface area contributed by atoms with E-state index in [2.05, 4.69) is 70.0 Å². The van der Waals surface area contributed by atoms with Crippen molar-refractivity contribution in [2.45, 2.75) is 105 Å². The summed E-state index contributed by atoms with van der Waals surface area (Å²) in [6.45, 7) is 18.3. The van der Waals surface area contributed by atoms with Crippen molar-refractivity contribution in [1.29, 1.82) is 0 Å². The van der Waals surface area contributed by atoms with Crippen LogP contribution in [0, 0.1) is 57.2 Å². The minimum Gasteiger partial charge on any atom is -0.465 e. The van der Waals surface area contributed by atoms with Crippen molar-refractivity contribution in [3.05, 3.63) is 41.5 Å². The van der Waals surface area contributed by atoms with Gasteiger partial charge in [-0.1, -0.05) is 59.8 Å². The number of halogens is 1. The first-order valence-corrected chi connectivity index (χ1v) is 22.1. The fourth-order valence-electron chi connectivity index (χ4n) is 14.2. The van der Waals surface area contributed by atoms with Gasteiger partial charge in [-0.2, -0.15) is 10.6 Å². The summed E-state index contributed by atoms with van der Waals surface area (Å²) in [5, 5.41) is 4.19. The van der Waals surface area contributed by atoms with Crippen LogP contribution in [0.4, 0.5) is 4.39 Å². The average Bonchev–Trinajstić information content (AvgIpc) is 3.48. The van der Waals surface area contributed by atoms with E-state index in [4.69, 9.17) is 4.74 Å². The van der Waals surface area contributed by atoms with Crippen molar-refractivity contribution in [3.63, 3.8) is 0 Å². The fourth-order valence-corrected chi connectivity index (χ4v) is 15.5. The highest BCUT2D eigenvalue weighted by atomic mass is 32.3. The molecule has 0 bridgehead atoms. The van der Waals surface area contributed by atoms with Crippen LogP contribution in [-0.4, -0.2) is 77.0 Å². The van der Waals surface area contributed by atoms with Crippen molar-refractivity contribution in [1.82, 2.24) is 10.2 Å². The van der Waals surface area contributed by atoms with E-state index < -0.39 is 10.6 Å². The highest BCUT2D eigenvalue weighted by molar-refractivity contribution is 8.24. The van der Waals surface area contributed by atoms with Crippen LogP contribution >= 0.6 is 10.6 Å². The second-order valence-electron chi connectivity index (χ2n) is 19.3. The minimum absolute atomic E-state index is 0.0170. The van der Waals surface area contributed by atoms with Crippen molar-refractivity contribution < 1.29 is 23.0 Å². The van der Waals surface area contributed by atoms with Gasteiger partial charge < -0.3 is 10.1 Å². The number of allylic oxidation sites excluding steroid dienone is 2. The molecule has 286 valence electrons. The zero-order valence-corrected chi connectivity index (χ0v) is 33.4. The Kier molecular flexibility index (Phi) is 9.94. The van der Waals surface area contributed by atoms with Crippen LogP contribution in [0.1, 0.15) is 115 Å². The lowest BCUT2D eigenvalue weighted by Gasteiger charge is -2.72. The SMILES string of the molecule is COC(=O)c1ccc(C2=CC[C@]3(C)[C@H]4CC[C@@H]5[C@H]6[C@H](C(C)CF)CC[C@]6(NCCN6CCS(O)(O)CC6)CC[C@@]5(C)[C@]4(C)CC[C@H]3C2(C)C)cc1. The first-order chi connectivity index (χ1) is 24.1. The molecule has 6 nitrogen and oxygen atoms in total. The molecule has 5 fully saturated rings. The summed E-state index contributed by atoms with van der Waals surface area (Å²) in [6, 6.07) is 8.05. The Balaban J connectivity index is 1.14. The largest absolute Gasteiger partial charge is 0.465 e. The van der Waals surface area contributed by atoms with Crippen LogP contribution in [-0.2, 0) is 4.74 Å². The molecule has 6 aliphatic rings. The second-order valence-corrected chi connectivity index (χ2v) is 21.7. The molecule has 5 aliphatic carbocycles. The molecule has 51 heavy (non-hydrogen) atoms. The Morgan fingerprint density at radius 1 is 0.961 bits per heavy atom. The standard InChI is InChI=1S/C43H67FN2O4S/c1-29(28-44)32-14-19-43(45-22-23-46-24-26-51(48,49)27-25-46)21-20-41(5)34(37(32)43)12-13-36-40(4)17-15-33(30-8-10-31(11-9-30)38(47)50-7)39(2,3)35(40)16-18-42(36,41)6/h8-11,15,29,32,34-37,45,48-49H,12-14,16-28H2,1-7H3/t29?,32-,34+,35-,36+,37+,40-,41+,42+,43-/m0/s1. The number of benzene rings is 1. The van der Waals surface area contributed by atoms with E-state index in [1.807, 2.05) is 12.1 Å². The fraction of sp³-hybridized carbons (Fsp3) is 0.791. The Hall–Kier alpha value is -1.45. The number of rotatable bonds is 8. The number of carbonyl (C=O) groups is 1. The molecule has 0 spiro atoms. The molecular weight excluding hydrogens is 660 g/mol. The van der Waals surface area contributed by atoms with Crippen LogP contribution in [0.25, 0.3) is 5.57 Å². The third-order valence-corrected chi connectivity index (χ3v) is 18.7. The number of alkyl halides is 1. The van der Waals surface area contributed by atoms with Gasteiger partial charge in [-0.25, -0.2) is 4.79 Å². The van der Waals surface area contributed by atoms with Gasteiger partial charge in [-0.3, -0.25) is 18.4 Å². The average molecular weight is 727 g/mol. The maximum absolute atomic E-state index is 14.6. The lowest BCUT2D eigenvalue weighted by Crippen LogP contribution is -2.68. The van der Waals surface area contributed by atoms with Crippen molar-refractivity contribution in [2.75, 3.05) is 51.5 Å². The van der Waals surface area contributed by atoms with Gasteiger partial charge in [0.25, 0.3) is 0 Å². The van der Waals surface area contributed by atoms with Crippen LogP contribution in [0.5, 0.6) is 0 Å². The number of hydrogen-bond acceptors (Lipinski definition) is 6. The van der Waals surface area contributed by atoms with Crippen LogP contribution < -0.4 is 5.32 Å². The van der Waals surface area contributed by atoms with Crippen LogP contribution in [0.3, 0.4) is 0 Å². The van der Waals surface area contributed by atoms with E-state index in [1.165, 1.54) is 56.8 Å². The molecule has 1 aliphatic heterocycles. The zero-order valence-electron chi connectivity index (χ0n) is 32.6. The lowest BCUT2D eigenvalue weighted by molar-refractivity contribution is -0.221. The van der Waals surface area contributed by atoms with Crippen molar-refractivity contribution >= 4 is 22.1 Å². The predicted octanol–water partition coefficient (Wildman–Crippen LogP) is 9.56. The van der Waals surface area contributed by atoms with Crippen molar-refractivity contribution in [3.8, 4) is 0 Å². The number of hydrogen-bond donors (Lipinski definition) is 3. The first kappa shape index (κ1) is 37.8. The van der Waals surface area contributed by atoms with E-state index in [1.54, 1.807) is 0 Å². The molecule has 1 heterocycles. The normalized spacial score (nSPS) is 42.7. The molecule has 1 aromatic rings. The number of esters is 1. The number of nitrogens with one attached hydrogen (secondary N) is 1. The van der Waals surface area contributed by atoms with E-state index in [0.717, 1.165) is 45.4 Å². The van der Waals surface area contributed by atoms with Crippen LogP contribution in [0.15, 0.2) is 30.3 Å².